The Morgan fingerprint density at radius 3 is 2.62 bits per heavy atom. The molecule has 0 bridgehead atoms. The van der Waals surface area contributed by atoms with Crippen LogP contribution in [-0.4, -0.2) is 25.3 Å². The summed E-state index contributed by atoms with van der Waals surface area (Å²) in [7, 11) is 0. The zero-order valence-corrected chi connectivity index (χ0v) is 19.3. The molecule has 0 fully saturated rings. The van der Waals surface area contributed by atoms with Crippen LogP contribution in [0, 0.1) is 6.92 Å². The number of phenolic OH excluding ortho intramolecular Hbond substituents is 1. The molecule has 4 rings (SSSR count). The Labute approximate surface area is 195 Å². The predicted octanol–water partition coefficient (Wildman–Crippen LogP) is 5.27. The first-order valence-corrected chi connectivity index (χ1v) is 11.6. The third-order valence-corrected chi connectivity index (χ3v) is 6.56. The van der Waals surface area contributed by atoms with Gasteiger partial charge in [0.1, 0.15) is 5.75 Å². The third-order valence-electron chi connectivity index (χ3n) is 5.29. The number of thioether (sulfide) groups is 1. The first-order chi connectivity index (χ1) is 15.4. The number of nitrogens with one attached hydrogen (secondary N) is 2. The van der Waals surface area contributed by atoms with Gasteiger partial charge in [-0.1, -0.05) is 42.4 Å². The molecule has 164 valence electrons. The van der Waals surface area contributed by atoms with Crippen LogP contribution in [0.1, 0.15) is 35.0 Å². The molecule has 0 radical (unpaired) electrons. The fourth-order valence-corrected chi connectivity index (χ4v) is 4.59. The van der Waals surface area contributed by atoms with Crippen LogP contribution < -0.4 is 5.56 Å². The van der Waals surface area contributed by atoms with Gasteiger partial charge in [0.05, 0.1) is 11.4 Å². The van der Waals surface area contributed by atoms with E-state index in [0.29, 0.717) is 34.3 Å². The first kappa shape index (κ1) is 22.2. The lowest BCUT2D eigenvalue weighted by molar-refractivity contribution is 0.475. The number of rotatable bonds is 7. The Morgan fingerprint density at radius 2 is 1.91 bits per heavy atom. The van der Waals surface area contributed by atoms with E-state index in [4.69, 9.17) is 16.6 Å². The number of benzene rings is 2. The Hall–Kier alpha value is -3.03. The van der Waals surface area contributed by atoms with Gasteiger partial charge in [0.2, 0.25) is 0 Å². The summed E-state index contributed by atoms with van der Waals surface area (Å²) in [6.07, 6.45) is 1.11. The molecule has 6 nitrogen and oxygen atoms in total. The Morgan fingerprint density at radius 1 is 1.12 bits per heavy atom. The molecule has 2 heterocycles. The van der Waals surface area contributed by atoms with Gasteiger partial charge in [-0.25, -0.2) is 4.98 Å². The maximum atomic E-state index is 12.7. The van der Waals surface area contributed by atoms with E-state index in [-0.39, 0.29) is 11.3 Å². The van der Waals surface area contributed by atoms with E-state index in [1.165, 1.54) is 11.8 Å². The average molecular weight is 467 g/mol. The molecule has 2 aromatic heterocycles. The number of aromatic hydroxyl groups is 1. The van der Waals surface area contributed by atoms with E-state index in [1.807, 2.05) is 50.2 Å². The number of phenols is 1. The van der Waals surface area contributed by atoms with Gasteiger partial charge >= 0.3 is 0 Å². The number of aromatic amines is 2. The molecule has 32 heavy (non-hydrogen) atoms. The Bertz CT molecular complexity index is 1280. The molecule has 0 amide bonds. The van der Waals surface area contributed by atoms with Crippen LogP contribution in [0.3, 0.4) is 0 Å². The minimum atomic E-state index is -0.112. The van der Waals surface area contributed by atoms with Crippen molar-refractivity contribution in [2.24, 2.45) is 0 Å². The zero-order chi connectivity index (χ0) is 22.7. The average Bonchev–Trinajstić information content (AvgIpc) is 3.24. The van der Waals surface area contributed by atoms with Gasteiger partial charge in [0.15, 0.2) is 5.16 Å². The number of halogens is 1. The highest BCUT2D eigenvalue weighted by Crippen LogP contribution is 2.26. The van der Waals surface area contributed by atoms with Crippen molar-refractivity contribution >= 4 is 23.4 Å². The fraction of sp³-hybridized carbons (Fsp3) is 0.208. The Kier molecular flexibility index (Phi) is 6.67. The fourth-order valence-electron chi connectivity index (χ4n) is 3.52. The van der Waals surface area contributed by atoms with Crippen molar-refractivity contribution in [2.45, 2.75) is 37.6 Å². The summed E-state index contributed by atoms with van der Waals surface area (Å²) in [5.41, 5.74) is 6.00. The SMILES string of the molecule is CCc1c(Cc2c(C)cccc2Cl)nc(SCc2cc(-c3ccc(O)cc3)n[nH]2)[nH]c1=O. The van der Waals surface area contributed by atoms with Gasteiger partial charge in [-0.3, -0.25) is 9.89 Å². The normalized spacial score (nSPS) is 11.1. The van der Waals surface area contributed by atoms with Gasteiger partial charge in [0.25, 0.3) is 5.56 Å². The lowest BCUT2D eigenvalue weighted by atomic mass is 10.0. The molecule has 0 atom stereocenters. The van der Waals surface area contributed by atoms with Crippen LogP contribution in [0.15, 0.2) is 58.5 Å². The Balaban J connectivity index is 1.55. The van der Waals surface area contributed by atoms with Crippen molar-refractivity contribution in [3.63, 3.8) is 0 Å². The second-order valence-corrected chi connectivity index (χ2v) is 8.85. The van der Waals surface area contributed by atoms with E-state index in [2.05, 4.69) is 15.2 Å². The minimum Gasteiger partial charge on any atom is -0.508 e. The second-order valence-electron chi connectivity index (χ2n) is 7.48. The minimum absolute atomic E-state index is 0.112. The highest BCUT2D eigenvalue weighted by molar-refractivity contribution is 7.98. The standard InChI is InChI=1S/C24H23ClN4O2S/c1-3-18-22(12-19-14(2)5-4-6-20(19)25)26-24(27-23(18)31)32-13-16-11-21(29-28-16)15-7-9-17(30)10-8-15/h4-11,30H,3,12-13H2,1-2H3,(H,28,29)(H,26,27,31). The number of aryl methyl sites for hydroxylation is 1. The maximum Gasteiger partial charge on any atom is 0.254 e. The second kappa shape index (κ2) is 9.63. The van der Waals surface area contributed by atoms with E-state index < -0.39 is 0 Å². The molecule has 8 heteroatoms. The molecule has 0 spiro atoms. The van der Waals surface area contributed by atoms with Crippen LogP contribution in [0.4, 0.5) is 0 Å². The molecule has 0 saturated carbocycles. The van der Waals surface area contributed by atoms with E-state index in [0.717, 1.165) is 33.8 Å². The highest BCUT2D eigenvalue weighted by atomic mass is 35.5. The van der Waals surface area contributed by atoms with Crippen molar-refractivity contribution in [3.8, 4) is 17.0 Å². The van der Waals surface area contributed by atoms with Gasteiger partial charge in [-0.15, -0.1) is 0 Å². The van der Waals surface area contributed by atoms with Crippen molar-refractivity contribution in [2.75, 3.05) is 0 Å². The highest BCUT2D eigenvalue weighted by Gasteiger charge is 2.14. The monoisotopic (exact) mass is 466 g/mol. The molecular formula is C24H23ClN4O2S. The van der Waals surface area contributed by atoms with Crippen molar-refractivity contribution in [1.82, 2.24) is 20.2 Å². The van der Waals surface area contributed by atoms with Crippen LogP contribution in [0.2, 0.25) is 5.02 Å². The molecule has 4 aromatic rings. The summed E-state index contributed by atoms with van der Waals surface area (Å²) in [6.45, 7) is 3.97. The number of hydrogen-bond acceptors (Lipinski definition) is 5. The number of nitrogens with zero attached hydrogens (tertiary/aromatic N) is 2. The molecule has 3 N–H and O–H groups in total. The quantitative estimate of drug-likeness (QED) is 0.254. The van der Waals surface area contributed by atoms with Gasteiger partial charge in [-0.05, 0) is 60.9 Å². The van der Waals surface area contributed by atoms with E-state index in [9.17, 15) is 9.90 Å². The number of hydrogen-bond donors (Lipinski definition) is 3. The summed E-state index contributed by atoms with van der Waals surface area (Å²) < 4.78 is 0. The third kappa shape index (κ3) is 4.89. The van der Waals surface area contributed by atoms with E-state index >= 15 is 0 Å². The van der Waals surface area contributed by atoms with Crippen LogP contribution in [0.25, 0.3) is 11.3 Å². The van der Waals surface area contributed by atoms with Crippen LogP contribution in [-0.2, 0) is 18.6 Å². The lowest BCUT2D eigenvalue weighted by Gasteiger charge is -2.12. The molecule has 0 aliphatic carbocycles. The molecule has 0 unspecified atom stereocenters. The summed E-state index contributed by atoms with van der Waals surface area (Å²) in [6, 6.07) is 14.6. The first-order valence-electron chi connectivity index (χ1n) is 10.3. The maximum absolute atomic E-state index is 12.7. The summed E-state index contributed by atoms with van der Waals surface area (Å²) in [5.74, 6) is 0.790. The van der Waals surface area contributed by atoms with Crippen molar-refractivity contribution < 1.29 is 5.11 Å². The van der Waals surface area contributed by atoms with Gasteiger partial charge in [0, 0.05) is 34.0 Å². The van der Waals surface area contributed by atoms with Crippen molar-refractivity contribution in [1.29, 1.82) is 0 Å². The summed E-state index contributed by atoms with van der Waals surface area (Å²) in [4.78, 5) is 20.4. The zero-order valence-electron chi connectivity index (χ0n) is 17.8. The molecular weight excluding hydrogens is 444 g/mol. The predicted molar refractivity (Wildman–Crippen MR) is 128 cm³/mol. The van der Waals surface area contributed by atoms with Gasteiger partial charge in [-0.2, -0.15) is 5.10 Å². The smallest absolute Gasteiger partial charge is 0.254 e. The van der Waals surface area contributed by atoms with Crippen LogP contribution >= 0.6 is 23.4 Å². The van der Waals surface area contributed by atoms with Gasteiger partial charge < -0.3 is 10.1 Å². The molecule has 0 aliphatic heterocycles. The van der Waals surface area contributed by atoms with Crippen LogP contribution in [0.5, 0.6) is 5.75 Å². The molecule has 0 saturated heterocycles. The number of H-pyrrole nitrogens is 2. The number of aromatic nitrogens is 4. The summed E-state index contributed by atoms with van der Waals surface area (Å²) in [5, 5.41) is 18.1. The lowest BCUT2D eigenvalue weighted by Crippen LogP contribution is -2.18. The largest absolute Gasteiger partial charge is 0.508 e. The topological polar surface area (TPSA) is 94.7 Å². The summed E-state index contributed by atoms with van der Waals surface area (Å²) >= 11 is 7.85. The van der Waals surface area contributed by atoms with E-state index in [1.54, 1.807) is 12.1 Å². The van der Waals surface area contributed by atoms with Crippen molar-refractivity contribution in [3.05, 3.63) is 92.0 Å². The molecule has 0 aliphatic rings. The molecule has 2 aromatic carbocycles.